The molecule has 1 saturated carbocycles. The van der Waals surface area contributed by atoms with Crippen molar-refractivity contribution in [2.75, 3.05) is 6.54 Å². The standard InChI is InChI=1S/C17H31NO3/c1-14(2)18(13-7-12-17(20)21)16(19)11-6-10-15-8-4-3-5-9-15/h14-15H,3-13H2,1-2H3,(H,20,21). The Kier molecular flexibility index (Phi) is 8.40. The molecule has 1 fully saturated rings. The van der Waals surface area contributed by atoms with Gasteiger partial charge in [-0.3, -0.25) is 9.59 Å². The number of nitrogens with zero attached hydrogens (tertiary/aromatic N) is 1. The first-order chi connectivity index (χ1) is 10.0. The van der Waals surface area contributed by atoms with Gasteiger partial charge in [0.05, 0.1) is 0 Å². The van der Waals surface area contributed by atoms with Gasteiger partial charge in [-0.2, -0.15) is 0 Å². The minimum Gasteiger partial charge on any atom is -0.481 e. The molecule has 1 aliphatic carbocycles. The van der Waals surface area contributed by atoms with Gasteiger partial charge in [-0.05, 0) is 39.0 Å². The summed E-state index contributed by atoms with van der Waals surface area (Å²) < 4.78 is 0. The van der Waals surface area contributed by atoms with E-state index in [4.69, 9.17) is 5.11 Å². The van der Waals surface area contributed by atoms with E-state index in [2.05, 4.69) is 0 Å². The van der Waals surface area contributed by atoms with Crippen LogP contribution in [0.2, 0.25) is 0 Å². The Hall–Kier alpha value is -1.06. The van der Waals surface area contributed by atoms with Gasteiger partial charge in [-0.1, -0.05) is 32.1 Å². The lowest BCUT2D eigenvalue weighted by Crippen LogP contribution is -2.37. The number of hydrogen-bond acceptors (Lipinski definition) is 2. The molecular weight excluding hydrogens is 266 g/mol. The molecule has 0 atom stereocenters. The predicted molar refractivity (Wildman–Crippen MR) is 84.1 cm³/mol. The monoisotopic (exact) mass is 297 g/mol. The molecule has 4 nitrogen and oxygen atoms in total. The normalized spacial score (nSPS) is 16.1. The van der Waals surface area contributed by atoms with Gasteiger partial charge < -0.3 is 10.0 Å². The Bertz CT molecular complexity index is 322. The molecule has 0 aromatic heterocycles. The van der Waals surface area contributed by atoms with Crippen LogP contribution < -0.4 is 0 Å². The minimum absolute atomic E-state index is 0.137. The van der Waals surface area contributed by atoms with E-state index in [-0.39, 0.29) is 18.4 Å². The molecule has 1 amide bonds. The van der Waals surface area contributed by atoms with Crippen molar-refractivity contribution in [1.29, 1.82) is 0 Å². The van der Waals surface area contributed by atoms with Gasteiger partial charge in [0.1, 0.15) is 0 Å². The lowest BCUT2D eigenvalue weighted by Gasteiger charge is -2.27. The molecule has 0 aliphatic heterocycles. The molecule has 1 aliphatic rings. The topological polar surface area (TPSA) is 57.6 Å². The zero-order valence-corrected chi connectivity index (χ0v) is 13.6. The maximum Gasteiger partial charge on any atom is 0.303 e. The van der Waals surface area contributed by atoms with E-state index in [9.17, 15) is 9.59 Å². The summed E-state index contributed by atoms with van der Waals surface area (Å²) in [5.41, 5.74) is 0. The average Bonchev–Trinajstić information content (AvgIpc) is 2.44. The van der Waals surface area contributed by atoms with Crippen molar-refractivity contribution < 1.29 is 14.7 Å². The van der Waals surface area contributed by atoms with Crippen molar-refractivity contribution in [2.45, 2.75) is 84.1 Å². The molecule has 21 heavy (non-hydrogen) atoms. The second-order valence-electron chi connectivity index (χ2n) is 6.57. The quantitative estimate of drug-likeness (QED) is 0.703. The summed E-state index contributed by atoms with van der Waals surface area (Å²) in [5.74, 6) is 0.223. The van der Waals surface area contributed by atoms with Gasteiger partial charge in [0.2, 0.25) is 5.91 Å². The van der Waals surface area contributed by atoms with E-state index >= 15 is 0 Å². The number of amides is 1. The summed E-state index contributed by atoms with van der Waals surface area (Å²) in [6, 6.07) is 0.154. The number of carbonyl (C=O) groups is 2. The first-order valence-corrected chi connectivity index (χ1v) is 8.52. The smallest absolute Gasteiger partial charge is 0.303 e. The third-order valence-electron chi connectivity index (χ3n) is 4.46. The van der Waals surface area contributed by atoms with Crippen LogP contribution in [0.15, 0.2) is 0 Å². The number of rotatable bonds is 9. The van der Waals surface area contributed by atoms with Crippen molar-refractivity contribution in [3.63, 3.8) is 0 Å². The molecule has 0 bridgehead atoms. The Balaban J connectivity index is 2.26. The fraction of sp³-hybridized carbons (Fsp3) is 0.882. The molecular formula is C17H31NO3. The van der Waals surface area contributed by atoms with Crippen LogP contribution in [0.1, 0.15) is 78.1 Å². The van der Waals surface area contributed by atoms with E-state index in [1.807, 2.05) is 18.7 Å². The second kappa shape index (κ2) is 9.80. The highest BCUT2D eigenvalue weighted by atomic mass is 16.4. The number of carbonyl (C=O) groups excluding carboxylic acids is 1. The predicted octanol–water partition coefficient (Wildman–Crippen LogP) is 3.84. The Morgan fingerprint density at radius 1 is 1.10 bits per heavy atom. The van der Waals surface area contributed by atoms with Gasteiger partial charge >= 0.3 is 5.97 Å². The van der Waals surface area contributed by atoms with Crippen molar-refractivity contribution in [1.82, 2.24) is 4.90 Å². The zero-order chi connectivity index (χ0) is 15.7. The third-order valence-corrected chi connectivity index (χ3v) is 4.46. The summed E-state index contributed by atoms with van der Waals surface area (Å²) in [5, 5.41) is 8.69. The van der Waals surface area contributed by atoms with E-state index in [0.29, 0.717) is 19.4 Å². The number of carboxylic acids is 1. The molecule has 0 aromatic carbocycles. The van der Waals surface area contributed by atoms with Crippen molar-refractivity contribution in [3.8, 4) is 0 Å². The summed E-state index contributed by atoms with van der Waals surface area (Å²) in [6.45, 7) is 4.56. The van der Waals surface area contributed by atoms with Crippen LogP contribution >= 0.6 is 0 Å². The molecule has 122 valence electrons. The molecule has 0 unspecified atom stereocenters. The Morgan fingerprint density at radius 2 is 1.76 bits per heavy atom. The maximum absolute atomic E-state index is 12.3. The average molecular weight is 297 g/mol. The van der Waals surface area contributed by atoms with Crippen LogP contribution in [0.5, 0.6) is 0 Å². The molecule has 1 N–H and O–H groups in total. The van der Waals surface area contributed by atoms with Crippen LogP contribution in [0.25, 0.3) is 0 Å². The van der Waals surface area contributed by atoms with Gasteiger partial charge in [0.25, 0.3) is 0 Å². The number of hydrogen-bond donors (Lipinski definition) is 1. The van der Waals surface area contributed by atoms with Crippen molar-refractivity contribution >= 4 is 11.9 Å². The van der Waals surface area contributed by atoms with Crippen LogP contribution in [0.4, 0.5) is 0 Å². The van der Waals surface area contributed by atoms with Gasteiger partial charge in [0.15, 0.2) is 0 Å². The van der Waals surface area contributed by atoms with Crippen LogP contribution in [0.3, 0.4) is 0 Å². The first-order valence-electron chi connectivity index (χ1n) is 8.52. The molecule has 1 rings (SSSR count). The van der Waals surface area contributed by atoms with Gasteiger partial charge in [-0.25, -0.2) is 0 Å². The largest absolute Gasteiger partial charge is 0.481 e. The highest BCUT2D eigenvalue weighted by Crippen LogP contribution is 2.27. The summed E-state index contributed by atoms with van der Waals surface area (Å²) in [7, 11) is 0. The van der Waals surface area contributed by atoms with Crippen LogP contribution in [0, 0.1) is 5.92 Å². The molecule has 0 heterocycles. The SMILES string of the molecule is CC(C)N(CCCC(=O)O)C(=O)CCCC1CCCCC1. The van der Waals surface area contributed by atoms with Crippen LogP contribution in [-0.2, 0) is 9.59 Å². The molecule has 0 radical (unpaired) electrons. The van der Waals surface area contributed by atoms with Gasteiger partial charge in [-0.15, -0.1) is 0 Å². The Labute approximate surface area is 128 Å². The van der Waals surface area contributed by atoms with E-state index in [1.165, 1.54) is 38.5 Å². The molecule has 0 spiro atoms. The van der Waals surface area contributed by atoms with E-state index in [1.54, 1.807) is 0 Å². The van der Waals surface area contributed by atoms with Gasteiger partial charge in [0, 0.05) is 25.4 Å². The highest BCUT2D eigenvalue weighted by Gasteiger charge is 2.18. The zero-order valence-electron chi connectivity index (χ0n) is 13.6. The summed E-state index contributed by atoms with van der Waals surface area (Å²) >= 11 is 0. The van der Waals surface area contributed by atoms with Crippen LogP contribution in [-0.4, -0.2) is 34.5 Å². The lowest BCUT2D eigenvalue weighted by molar-refractivity contribution is -0.138. The van der Waals surface area contributed by atoms with E-state index < -0.39 is 5.97 Å². The molecule has 4 heteroatoms. The summed E-state index contributed by atoms with van der Waals surface area (Å²) in [6.07, 6.45) is 10.2. The van der Waals surface area contributed by atoms with Crippen molar-refractivity contribution in [2.24, 2.45) is 5.92 Å². The Morgan fingerprint density at radius 3 is 2.33 bits per heavy atom. The third kappa shape index (κ3) is 7.49. The minimum atomic E-state index is -0.788. The second-order valence-corrected chi connectivity index (χ2v) is 6.57. The fourth-order valence-corrected chi connectivity index (χ4v) is 3.23. The molecule has 0 saturated heterocycles. The number of carboxylic acid groups (broad SMARTS) is 1. The highest BCUT2D eigenvalue weighted by molar-refractivity contribution is 5.76. The van der Waals surface area contributed by atoms with Crippen molar-refractivity contribution in [3.05, 3.63) is 0 Å². The number of aliphatic carboxylic acids is 1. The first kappa shape index (κ1) is 18.0. The van der Waals surface area contributed by atoms with E-state index in [0.717, 1.165) is 12.3 Å². The fourth-order valence-electron chi connectivity index (χ4n) is 3.23. The lowest BCUT2D eigenvalue weighted by atomic mass is 9.86. The maximum atomic E-state index is 12.3. The molecule has 0 aromatic rings. The summed E-state index contributed by atoms with van der Waals surface area (Å²) in [4.78, 5) is 24.7.